The van der Waals surface area contributed by atoms with Gasteiger partial charge in [0.2, 0.25) is 0 Å². The molecular weight excluding hydrogens is 512 g/mol. The van der Waals surface area contributed by atoms with Crippen LogP contribution in [0.4, 0.5) is 0 Å². The van der Waals surface area contributed by atoms with Gasteiger partial charge in [0.25, 0.3) is 0 Å². The van der Waals surface area contributed by atoms with Crippen molar-refractivity contribution in [1.29, 1.82) is 5.26 Å². The van der Waals surface area contributed by atoms with E-state index >= 15 is 0 Å². The first-order valence-electron chi connectivity index (χ1n) is 14.1. The first kappa shape index (κ1) is 22.9. The molecule has 3 heteroatoms. The van der Waals surface area contributed by atoms with Crippen LogP contribution in [0.3, 0.4) is 0 Å². The lowest BCUT2D eigenvalue weighted by molar-refractivity contribution is 0.671. The van der Waals surface area contributed by atoms with Crippen LogP contribution in [-0.4, -0.2) is 4.57 Å². The number of rotatable bonds is 2. The van der Waals surface area contributed by atoms with Gasteiger partial charge in [-0.2, -0.15) is 5.26 Å². The lowest BCUT2D eigenvalue weighted by Gasteiger charge is -2.11. The Morgan fingerprint density at radius 3 is 2.05 bits per heavy atom. The minimum Gasteiger partial charge on any atom is -0.455 e. The molecule has 0 saturated carbocycles. The number of nitrogens with zero attached hydrogens (tertiary/aromatic N) is 2. The zero-order valence-electron chi connectivity index (χ0n) is 22.5. The van der Waals surface area contributed by atoms with Crippen molar-refractivity contribution >= 4 is 65.3 Å². The van der Waals surface area contributed by atoms with Gasteiger partial charge in [0, 0.05) is 32.8 Å². The van der Waals surface area contributed by atoms with Gasteiger partial charge in [0.05, 0.1) is 22.7 Å². The summed E-state index contributed by atoms with van der Waals surface area (Å²) in [7, 11) is 0. The zero-order chi connectivity index (χ0) is 27.8. The summed E-state index contributed by atoms with van der Waals surface area (Å²) < 4.78 is 8.94. The maximum absolute atomic E-state index is 9.50. The van der Waals surface area contributed by atoms with Crippen LogP contribution in [0, 0.1) is 11.3 Å². The highest BCUT2D eigenvalue weighted by Crippen LogP contribution is 2.42. The number of benzene rings is 7. The molecule has 0 atom stereocenters. The van der Waals surface area contributed by atoms with Crippen LogP contribution in [0.25, 0.3) is 82.1 Å². The second-order valence-electron chi connectivity index (χ2n) is 10.9. The van der Waals surface area contributed by atoms with Crippen molar-refractivity contribution in [3.8, 4) is 22.9 Å². The molecule has 3 nitrogen and oxygen atoms in total. The fraction of sp³-hybridized carbons (Fsp3) is 0. The van der Waals surface area contributed by atoms with E-state index in [2.05, 4.69) is 126 Å². The number of hydrogen-bond donors (Lipinski definition) is 0. The molecule has 0 aliphatic heterocycles. The van der Waals surface area contributed by atoms with E-state index in [1.165, 1.54) is 21.5 Å². The van der Waals surface area contributed by atoms with E-state index in [4.69, 9.17) is 4.42 Å². The Kier molecular flexibility index (Phi) is 4.68. The quantitative estimate of drug-likeness (QED) is 0.221. The number of hydrogen-bond acceptors (Lipinski definition) is 2. The van der Waals surface area contributed by atoms with Gasteiger partial charge in [0.15, 0.2) is 0 Å². The molecule has 42 heavy (non-hydrogen) atoms. The first-order valence-corrected chi connectivity index (χ1v) is 14.1. The molecule has 0 aliphatic carbocycles. The Bertz CT molecular complexity index is 2580. The number of aromatic nitrogens is 1. The topological polar surface area (TPSA) is 41.9 Å². The Hall–Kier alpha value is -5.85. The summed E-state index contributed by atoms with van der Waals surface area (Å²) in [5.41, 5.74) is 7.94. The Morgan fingerprint density at radius 2 is 1.24 bits per heavy atom. The summed E-state index contributed by atoms with van der Waals surface area (Å²) in [6.07, 6.45) is 0. The first-order chi connectivity index (χ1) is 20.8. The van der Waals surface area contributed by atoms with Crippen molar-refractivity contribution < 1.29 is 4.42 Å². The third-order valence-electron chi connectivity index (χ3n) is 8.57. The van der Waals surface area contributed by atoms with Crippen LogP contribution in [0.5, 0.6) is 0 Å². The van der Waals surface area contributed by atoms with Crippen LogP contribution in [0.1, 0.15) is 5.56 Å². The van der Waals surface area contributed by atoms with E-state index in [1.54, 1.807) is 0 Å². The van der Waals surface area contributed by atoms with Gasteiger partial charge < -0.3 is 8.98 Å². The highest BCUT2D eigenvalue weighted by Gasteiger charge is 2.18. The number of furan rings is 1. The SMILES string of the molecule is N#Cc1ccc2c(c1)c1ccccc1n2-c1ccc(-c2cc3ccccc3c3c2oc2cc4ccccc4cc23)cc1. The number of para-hydroxylation sites is 1. The lowest BCUT2D eigenvalue weighted by atomic mass is 9.95. The summed E-state index contributed by atoms with van der Waals surface area (Å²) in [6.45, 7) is 0. The zero-order valence-corrected chi connectivity index (χ0v) is 22.5. The smallest absolute Gasteiger partial charge is 0.143 e. The molecule has 2 aromatic heterocycles. The standard InChI is InChI=1S/C39H22N2O/c40-23-24-13-18-36-33(19-24)31-11-5-6-12-35(31)41(36)29-16-14-25(15-17-29)32-21-28-9-3-4-10-30(28)38-34-20-26-7-1-2-8-27(26)22-37(34)42-39(32)38/h1-22H. The van der Waals surface area contributed by atoms with Crippen LogP contribution < -0.4 is 0 Å². The van der Waals surface area contributed by atoms with Gasteiger partial charge in [0.1, 0.15) is 11.2 Å². The highest BCUT2D eigenvalue weighted by atomic mass is 16.3. The normalized spacial score (nSPS) is 11.8. The predicted molar refractivity (Wildman–Crippen MR) is 173 cm³/mol. The average molecular weight is 535 g/mol. The lowest BCUT2D eigenvalue weighted by Crippen LogP contribution is -1.94. The van der Waals surface area contributed by atoms with Crippen molar-refractivity contribution in [2.24, 2.45) is 0 Å². The van der Waals surface area contributed by atoms with Crippen molar-refractivity contribution in [2.45, 2.75) is 0 Å². The minimum atomic E-state index is 0.666. The summed E-state index contributed by atoms with van der Waals surface area (Å²) in [5.74, 6) is 0. The maximum atomic E-state index is 9.50. The minimum absolute atomic E-state index is 0.666. The molecule has 2 heterocycles. The molecule has 0 unspecified atom stereocenters. The van der Waals surface area contributed by atoms with E-state index in [9.17, 15) is 5.26 Å². The van der Waals surface area contributed by atoms with Crippen LogP contribution in [0.15, 0.2) is 138 Å². The highest BCUT2D eigenvalue weighted by molar-refractivity contribution is 6.24. The Morgan fingerprint density at radius 1 is 0.548 bits per heavy atom. The molecule has 9 rings (SSSR count). The number of fused-ring (bicyclic) bond motifs is 9. The van der Waals surface area contributed by atoms with Crippen molar-refractivity contribution in [1.82, 2.24) is 4.57 Å². The van der Waals surface area contributed by atoms with Crippen LogP contribution in [-0.2, 0) is 0 Å². The summed E-state index contributed by atoms with van der Waals surface area (Å²) >= 11 is 0. The Balaban J connectivity index is 1.28. The van der Waals surface area contributed by atoms with Crippen LogP contribution in [0.2, 0.25) is 0 Å². The second kappa shape index (κ2) is 8.57. The van der Waals surface area contributed by atoms with Gasteiger partial charge in [-0.25, -0.2) is 0 Å². The fourth-order valence-electron chi connectivity index (χ4n) is 6.64. The molecule has 7 aromatic carbocycles. The summed E-state index contributed by atoms with van der Waals surface area (Å²) in [6, 6.07) is 49.0. The summed E-state index contributed by atoms with van der Waals surface area (Å²) in [5, 5.41) is 18.8. The molecule has 0 radical (unpaired) electrons. The maximum Gasteiger partial charge on any atom is 0.143 e. The van der Waals surface area contributed by atoms with Gasteiger partial charge >= 0.3 is 0 Å². The summed E-state index contributed by atoms with van der Waals surface area (Å²) in [4.78, 5) is 0. The van der Waals surface area contributed by atoms with Crippen molar-refractivity contribution in [2.75, 3.05) is 0 Å². The molecule has 0 spiro atoms. The van der Waals surface area contributed by atoms with Gasteiger partial charge in [-0.1, -0.05) is 78.9 Å². The van der Waals surface area contributed by atoms with Crippen molar-refractivity contribution in [3.63, 3.8) is 0 Å². The van der Waals surface area contributed by atoms with E-state index in [1.807, 2.05) is 18.2 Å². The molecule has 9 aromatic rings. The average Bonchev–Trinajstić information content (AvgIpc) is 3.59. The molecule has 0 bridgehead atoms. The van der Waals surface area contributed by atoms with Gasteiger partial charge in [-0.05, 0) is 81.7 Å². The second-order valence-corrected chi connectivity index (χ2v) is 10.9. The third kappa shape index (κ3) is 3.21. The predicted octanol–water partition coefficient (Wildman–Crippen LogP) is 10.5. The monoisotopic (exact) mass is 534 g/mol. The third-order valence-corrected chi connectivity index (χ3v) is 8.57. The van der Waals surface area contributed by atoms with Gasteiger partial charge in [-0.3, -0.25) is 0 Å². The fourth-order valence-corrected chi connectivity index (χ4v) is 6.64. The van der Waals surface area contributed by atoms with Crippen LogP contribution >= 0.6 is 0 Å². The molecular formula is C39H22N2O. The molecule has 194 valence electrons. The Labute approximate surface area is 241 Å². The van der Waals surface area contributed by atoms with E-state index < -0.39 is 0 Å². The molecule has 0 fully saturated rings. The number of nitriles is 1. The molecule has 0 N–H and O–H groups in total. The van der Waals surface area contributed by atoms with Crippen molar-refractivity contribution in [3.05, 3.63) is 139 Å². The largest absolute Gasteiger partial charge is 0.455 e. The van der Waals surface area contributed by atoms with E-state index in [0.717, 1.165) is 60.6 Å². The molecule has 0 amide bonds. The van der Waals surface area contributed by atoms with E-state index in [0.29, 0.717) is 5.56 Å². The molecule has 0 aliphatic rings. The van der Waals surface area contributed by atoms with E-state index in [-0.39, 0.29) is 0 Å². The molecule has 0 saturated heterocycles. The van der Waals surface area contributed by atoms with Gasteiger partial charge in [-0.15, -0.1) is 0 Å².